The summed E-state index contributed by atoms with van der Waals surface area (Å²) in [4.78, 5) is 26.4. The average Bonchev–Trinajstić information content (AvgIpc) is 2.60. The summed E-state index contributed by atoms with van der Waals surface area (Å²) < 4.78 is 0. The topological polar surface area (TPSA) is 105 Å². The quantitative estimate of drug-likeness (QED) is 0.562. The number of nitro benzene ring substituents is 1. The fourth-order valence-electron chi connectivity index (χ4n) is 2.74. The maximum Gasteiger partial charge on any atom is 0.269 e. The van der Waals surface area contributed by atoms with E-state index in [4.69, 9.17) is 0 Å². The minimum absolute atomic E-state index is 0.0663. The molecule has 1 amide bonds. The molecule has 7 heteroatoms. The number of benzene rings is 2. The Morgan fingerprint density at radius 1 is 1.24 bits per heavy atom. The number of nitrogens with zero attached hydrogens (tertiary/aromatic N) is 2. The van der Waals surface area contributed by atoms with Crippen LogP contribution in [0.1, 0.15) is 24.1 Å². The molecule has 0 fully saturated rings. The Bertz CT molecular complexity index is 971. The maximum absolute atomic E-state index is 11.7. The number of aromatic hydroxyl groups is 1. The number of carbonyl (C=O) groups is 1. The van der Waals surface area contributed by atoms with Crippen LogP contribution >= 0.6 is 0 Å². The van der Waals surface area contributed by atoms with Crippen LogP contribution in [0.5, 0.6) is 5.75 Å². The number of carbonyl (C=O) groups excluding carboxylic acids is 1. The Labute approximate surface area is 143 Å². The SMILES string of the molecule is CC(=O)N[C@H](c1cccc([N+](=O)[O-])c1)c1ccc2cccnc2c1O. The second kappa shape index (κ2) is 6.56. The van der Waals surface area contributed by atoms with E-state index in [0.717, 1.165) is 5.39 Å². The van der Waals surface area contributed by atoms with Crippen molar-refractivity contribution >= 4 is 22.5 Å². The third kappa shape index (κ3) is 3.25. The van der Waals surface area contributed by atoms with Gasteiger partial charge in [0.15, 0.2) is 0 Å². The van der Waals surface area contributed by atoms with E-state index in [1.54, 1.807) is 36.5 Å². The number of non-ortho nitro benzene ring substituents is 1. The van der Waals surface area contributed by atoms with Crippen molar-refractivity contribution in [2.45, 2.75) is 13.0 Å². The molecule has 126 valence electrons. The van der Waals surface area contributed by atoms with Crippen LogP contribution in [0.4, 0.5) is 5.69 Å². The number of aromatic nitrogens is 1. The van der Waals surface area contributed by atoms with Crippen LogP contribution in [0.25, 0.3) is 10.9 Å². The highest BCUT2D eigenvalue weighted by Crippen LogP contribution is 2.35. The summed E-state index contributed by atoms with van der Waals surface area (Å²) in [6, 6.07) is 12.2. The van der Waals surface area contributed by atoms with Gasteiger partial charge in [0.2, 0.25) is 5.91 Å². The molecule has 0 saturated heterocycles. The van der Waals surface area contributed by atoms with Crippen LogP contribution < -0.4 is 5.32 Å². The Morgan fingerprint density at radius 2 is 2.04 bits per heavy atom. The van der Waals surface area contributed by atoms with Crippen LogP contribution in [-0.2, 0) is 4.79 Å². The average molecular weight is 337 g/mol. The first-order valence-corrected chi connectivity index (χ1v) is 7.55. The number of rotatable bonds is 4. The molecule has 0 aliphatic rings. The fraction of sp³-hybridized carbons (Fsp3) is 0.111. The largest absolute Gasteiger partial charge is 0.505 e. The highest BCUT2D eigenvalue weighted by molar-refractivity contribution is 5.86. The summed E-state index contributed by atoms with van der Waals surface area (Å²) in [5.74, 6) is -0.389. The second-order valence-electron chi connectivity index (χ2n) is 5.56. The van der Waals surface area contributed by atoms with Gasteiger partial charge in [-0.2, -0.15) is 0 Å². The number of hydrogen-bond acceptors (Lipinski definition) is 5. The van der Waals surface area contributed by atoms with Crippen molar-refractivity contribution in [3.05, 3.63) is 76.0 Å². The molecule has 0 aliphatic heterocycles. The molecule has 1 heterocycles. The maximum atomic E-state index is 11.7. The lowest BCUT2D eigenvalue weighted by Gasteiger charge is -2.20. The molecule has 25 heavy (non-hydrogen) atoms. The molecule has 3 rings (SSSR count). The van der Waals surface area contributed by atoms with Crippen LogP contribution in [0, 0.1) is 10.1 Å². The molecule has 2 N–H and O–H groups in total. The van der Waals surface area contributed by atoms with E-state index in [1.807, 2.05) is 6.07 Å². The number of pyridine rings is 1. The monoisotopic (exact) mass is 337 g/mol. The molecule has 2 aromatic carbocycles. The molecule has 7 nitrogen and oxygen atoms in total. The number of nitrogens with one attached hydrogen (secondary N) is 1. The number of nitro groups is 1. The van der Waals surface area contributed by atoms with Crippen molar-refractivity contribution in [2.75, 3.05) is 0 Å². The third-order valence-corrected chi connectivity index (χ3v) is 3.85. The molecule has 0 radical (unpaired) electrons. The molecule has 0 bridgehead atoms. The predicted octanol–water partition coefficient (Wildman–Crippen LogP) is 3.07. The van der Waals surface area contributed by atoms with Crippen LogP contribution in [0.3, 0.4) is 0 Å². The van der Waals surface area contributed by atoms with Crippen LogP contribution in [0.15, 0.2) is 54.7 Å². The minimum Gasteiger partial charge on any atom is -0.505 e. The first-order valence-electron chi connectivity index (χ1n) is 7.55. The molecule has 1 aromatic heterocycles. The van der Waals surface area contributed by atoms with Gasteiger partial charge >= 0.3 is 0 Å². The van der Waals surface area contributed by atoms with Crippen LogP contribution in [-0.4, -0.2) is 20.9 Å². The van der Waals surface area contributed by atoms with E-state index in [0.29, 0.717) is 16.6 Å². The van der Waals surface area contributed by atoms with E-state index in [2.05, 4.69) is 10.3 Å². The molecular weight excluding hydrogens is 322 g/mol. The Kier molecular flexibility index (Phi) is 4.30. The summed E-state index contributed by atoms with van der Waals surface area (Å²) in [6.45, 7) is 1.35. The zero-order valence-electron chi connectivity index (χ0n) is 13.3. The first kappa shape index (κ1) is 16.4. The fourth-order valence-corrected chi connectivity index (χ4v) is 2.74. The standard InChI is InChI=1S/C18H15N3O4/c1-11(22)20-16(13-4-2-6-14(10-13)21(24)25)15-8-7-12-5-3-9-19-17(12)18(15)23/h2-10,16,23H,1H3,(H,20,22)/t16-/m1/s1. The van der Waals surface area contributed by atoms with Gasteiger partial charge in [-0.15, -0.1) is 0 Å². The van der Waals surface area contributed by atoms with Gasteiger partial charge in [0.25, 0.3) is 5.69 Å². The lowest BCUT2D eigenvalue weighted by Crippen LogP contribution is -2.27. The van der Waals surface area contributed by atoms with Gasteiger partial charge in [-0.3, -0.25) is 19.9 Å². The second-order valence-corrected chi connectivity index (χ2v) is 5.56. The van der Waals surface area contributed by atoms with Crippen molar-refractivity contribution in [3.8, 4) is 5.75 Å². The lowest BCUT2D eigenvalue weighted by molar-refractivity contribution is -0.384. The van der Waals surface area contributed by atoms with Gasteiger partial charge in [0.05, 0.1) is 11.0 Å². The van der Waals surface area contributed by atoms with Gasteiger partial charge < -0.3 is 10.4 Å². The van der Waals surface area contributed by atoms with Crippen LogP contribution in [0.2, 0.25) is 0 Å². The highest BCUT2D eigenvalue weighted by atomic mass is 16.6. The number of fused-ring (bicyclic) bond motifs is 1. The van der Waals surface area contributed by atoms with Crippen molar-refractivity contribution in [1.29, 1.82) is 0 Å². The Hall–Kier alpha value is -3.48. The number of phenols is 1. The number of phenolic OH excluding ortho intramolecular Hbond substituents is 1. The van der Waals surface area contributed by atoms with E-state index >= 15 is 0 Å². The predicted molar refractivity (Wildman–Crippen MR) is 92.2 cm³/mol. The zero-order chi connectivity index (χ0) is 18.0. The third-order valence-electron chi connectivity index (χ3n) is 3.85. The van der Waals surface area contributed by atoms with Crippen molar-refractivity contribution in [2.24, 2.45) is 0 Å². The summed E-state index contributed by atoms with van der Waals surface area (Å²) in [5.41, 5.74) is 1.23. The van der Waals surface area contributed by atoms with Gasteiger partial charge in [-0.05, 0) is 11.6 Å². The smallest absolute Gasteiger partial charge is 0.269 e. The summed E-state index contributed by atoms with van der Waals surface area (Å²) in [7, 11) is 0. The van der Waals surface area contributed by atoms with E-state index in [9.17, 15) is 20.0 Å². The number of amides is 1. The van der Waals surface area contributed by atoms with Crippen molar-refractivity contribution < 1.29 is 14.8 Å². The molecule has 0 spiro atoms. The van der Waals surface area contributed by atoms with Crippen molar-refractivity contribution in [3.63, 3.8) is 0 Å². The molecular formula is C18H15N3O4. The Balaban J connectivity index is 2.17. The van der Waals surface area contributed by atoms with Gasteiger partial charge in [0.1, 0.15) is 11.3 Å². The number of hydrogen-bond donors (Lipinski definition) is 2. The van der Waals surface area contributed by atoms with Gasteiger partial charge in [-0.1, -0.05) is 30.3 Å². The summed E-state index contributed by atoms with van der Waals surface area (Å²) in [5, 5.41) is 25.1. The first-order chi connectivity index (χ1) is 12.0. The summed E-state index contributed by atoms with van der Waals surface area (Å²) >= 11 is 0. The van der Waals surface area contributed by atoms with Gasteiger partial charge in [-0.25, -0.2) is 0 Å². The van der Waals surface area contributed by atoms with Crippen molar-refractivity contribution in [1.82, 2.24) is 10.3 Å². The minimum atomic E-state index is -0.733. The molecule has 3 aromatic rings. The van der Waals surface area contributed by atoms with E-state index in [1.165, 1.54) is 19.1 Å². The normalized spacial score (nSPS) is 11.9. The molecule has 0 saturated carbocycles. The lowest BCUT2D eigenvalue weighted by atomic mass is 9.96. The van der Waals surface area contributed by atoms with Gasteiger partial charge in [0, 0.05) is 36.2 Å². The molecule has 1 atom stereocenters. The zero-order valence-corrected chi connectivity index (χ0v) is 13.3. The molecule has 0 unspecified atom stereocenters. The van der Waals surface area contributed by atoms with E-state index in [-0.39, 0.29) is 17.3 Å². The summed E-state index contributed by atoms with van der Waals surface area (Å²) in [6.07, 6.45) is 1.56. The Morgan fingerprint density at radius 3 is 2.76 bits per heavy atom. The highest BCUT2D eigenvalue weighted by Gasteiger charge is 2.22. The molecule has 0 aliphatic carbocycles. The van der Waals surface area contributed by atoms with E-state index < -0.39 is 11.0 Å².